The number of carbonyl (C=O) groups is 2. The lowest BCUT2D eigenvalue weighted by Gasteiger charge is -2.09. The molecule has 0 fully saturated rings. The smallest absolute Gasteiger partial charge is 0.343 e. The predicted octanol–water partition coefficient (Wildman–Crippen LogP) is 5.06. The van der Waals surface area contributed by atoms with Crippen LogP contribution in [0.2, 0.25) is 5.02 Å². The van der Waals surface area contributed by atoms with Crippen molar-refractivity contribution in [1.82, 2.24) is 0 Å². The number of hydrogen-bond acceptors (Lipinski definition) is 4. The van der Waals surface area contributed by atoms with Crippen LogP contribution >= 0.6 is 11.6 Å². The molecule has 136 valence electrons. The van der Waals surface area contributed by atoms with Gasteiger partial charge in [0.2, 0.25) is 0 Å². The first-order chi connectivity index (χ1) is 12.9. The molecular formula is C20H11ClF2O4. The van der Waals surface area contributed by atoms with Gasteiger partial charge in [0.1, 0.15) is 17.4 Å². The van der Waals surface area contributed by atoms with Gasteiger partial charge < -0.3 is 9.47 Å². The summed E-state index contributed by atoms with van der Waals surface area (Å²) in [6.07, 6.45) is 0. The Morgan fingerprint density at radius 3 is 1.70 bits per heavy atom. The molecule has 0 N–H and O–H groups in total. The topological polar surface area (TPSA) is 52.6 Å². The van der Waals surface area contributed by atoms with Crippen molar-refractivity contribution in [3.63, 3.8) is 0 Å². The maximum atomic E-state index is 12.9. The molecule has 0 heterocycles. The molecule has 3 aromatic rings. The molecule has 0 aliphatic carbocycles. The first-order valence-electron chi connectivity index (χ1n) is 7.67. The summed E-state index contributed by atoms with van der Waals surface area (Å²) in [6, 6.07) is 13.7. The highest BCUT2D eigenvalue weighted by atomic mass is 35.5. The number of ether oxygens (including phenoxy) is 2. The standard InChI is InChI=1S/C20H11ClF2O4/c21-17-10-9-16(26-19(24)12-1-5-14(22)6-2-12)11-18(17)27-20(25)13-3-7-15(23)8-4-13/h1-11H. The van der Waals surface area contributed by atoms with Crippen molar-refractivity contribution in [3.8, 4) is 11.5 Å². The Morgan fingerprint density at radius 2 is 1.19 bits per heavy atom. The summed E-state index contributed by atoms with van der Waals surface area (Å²) in [4.78, 5) is 24.2. The van der Waals surface area contributed by atoms with Crippen molar-refractivity contribution in [2.45, 2.75) is 0 Å². The van der Waals surface area contributed by atoms with Crippen molar-refractivity contribution in [2.24, 2.45) is 0 Å². The summed E-state index contributed by atoms with van der Waals surface area (Å²) >= 11 is 6.00. The molecule has 0 amide bonds. The third-order valence-electron chi connectivity index (χ3n) is 3.48. The predicted molar refractivity (Wildman–Crippen MR) is 94.2 cm³/mol. The number of halogens is 3. The van der Waals surface area contributed by atoms with Gasteiger partial charge in [0.05, 0.1) is 16.1 Å². The molecule has 0 aliphatic heterocycles. The molecule has 4 nitrogen and oxygen atoms in total. The highest BCUT2D eigenvalue weighted by molar-refractivity contribution is 6.32. The Kier molecular flexibility index (Phi) is 5.47. The van der Waals surface area contributed by atoms with Gasteiger partial charge in [-0.05, 0) is 60.7 Å². The summed E-state index contributed by atoms with van der Waals surface area (Å²) in [6.45, 7) is 0. The molecule has 0 spiro atoms. The quantitative estimate of drug-likeness (QED) is 0.463. The molecule has 0 bridgehead atoms. The molecule has 3 rings (SSSR count). The molecule has 0 radical (unpaired) electrons. The molecule has 0 atom stereocenters. The van der Waals surface area contributed by atoms with E-state index < -0.39 is 23.6 Å². The Hall–Kier alpha value is -3.25. The number of carbonyl (C=O) groups excluding carboxylic acids is 2. The number of benzene rings is 3. The van der Waals surface area contributed by atoms with Gasteiger partial charge in [0.25, 0.3) is 0 Å². The van der Waals surface area contributed by atoms with Crippen molar-refractivity contribution < 1.29 is 27.8 Å². The van der Waals surface area contributed by atoms with Gasteiger partial charge in [-0.15, -0.1) is 0 Å². The Morgan fingerprint density at radius 1 is 0.704 bits per heavy atom. The van der Waals surface area contributed by atoms with Gasteiger partial charge >= 0.3 is 11.9 Å². The van der Waals surface area contributed by atoms with Crippen molar-refractivity contribution in [2.75, 3.05) is 0 Å². The first kappa shape index (κ1) is 18.5. The fraction of sp³-hybridized carbons (Fsp3) is 0. The second-order valence-electron chi connectivity index (χ2n) is 5.39. The first-order valence-corrected chi connectivity index (χ1v) is 8.05. The van der Waals surface area contributed by atoms with E-state index in [0.717, 1.165) is 24.3 Å². The van der Waals surface area contributed by atoms with Crippen LogP contribution in [0, 0.1) is 11.6 Å². The zero-order valence-corrected chi connectivity index (χ0v) is 14.4. The van der Waals surface area contributed by atoms with Crippen LogP contribution in [0.4, 0.5) is 8.78 Å². The average Bonchev–Trinajstić information content (AvgIpc) is 2.65. The van der Waals surface area contributed by atoms with E-state index in [-0.39, 0.29) is 27.6 Å². The van der Waals surface area contributed by atoms with Crippen LogP contribution in [0.1, 0.15) is 20.7 Å². The lowest BCUT2D eigenvalue weighted by atomic mass is 10.2. The molecule has 7 heteroatoms. The summed E-state index contributed by atoms with van der Waals surface area (Å²) in [5, 5.41) is 0.118. The van der Waals surface area contributed by atoms with E-state index in [1.54, 1.807) is 0 Å². The fourth-order valence-electron chi connectivity index (χ4n) is 2.12. The van der Waals surface area contributed by atoms with Crippen LogP contribution in [-0.4, -0.2) is 11.9 Å². The largest absolute Gasteiger partial charge is 0.423 e. The summed E-state index contributed by atoms with van der Waals surface area (Å²) in [5.41, 5.74) is 0.275. The van der Waals surface area contributed by atoms with Gasteiger partial charge in [-0.1, -0.05) is 11.6 Å². The number of esters is 2. The second kappa shape index (κ2) is 7.97. The zero-order valence-electron chi connectivity index (χ0n) is 13.6. The SMILES string of the molecule is O=C(Oc1ccc(Cl)c(OC(=O)c2ccc(F)cc2)c1)c1ccc(F)cc1. The molecule has 27 heavy (non-hydrogen) atoms. The molecule has 0 saturated heterocycles. The monoisotopic (exact) mass is 388 g/mol. The van der Waals surface area contributed by atoms with Crippen LogP contribution in [0.3, 0.4) is 0 Å². The fourth-order valence-corrected chi connectivity index (χ4v) is 2.28. The molecule has 0 unspecified atom stereocenters. The van der Waals surface area contributed by atoms with E-state index in [1.165, 1.54) is 42.5 Å². The molecule has 0 aromatic heterocycles. The van der Waals surface area contributed by atoms with E-state index in [2.05, 4.69) is 0 Å². The molecule has 3 aromatic carbocycles. The van der Waals surface area contributed by atoms with Gasteiger partial charge in [0, 0.05) is 6.07 Å². The highest BCUT2D eigenvalue weighted by Gasteiger charge is 2.14. The maximum Gasteiger partial charge on any atom is 0.343 e. The summed E-state index contributed by atoms with van der Waals surface area (Å²) in [5.74, 6) is -2.38. The minimum Gasteiger partial charge on any atom is -0.423 e. The van der Waals surface area contributed by atoms with E-state index >= 15 is 0 Å². The van der Waals surface area contributed by atoms with E-state index in [0.29, 0.717) is 0 Å². The third kappa shape index (κ3) is 4.68. The van der Waals surface area contributed by atoms with Gasteiger partial charge in [0.15, 0.2) is 5.75 Å². The Labute approximate surface area is 157 Å². The summed E-state index contributed by atoms with van der Waals surface area (Å²) in [7, 11) is 0. The van der Waals surface area contributed by atoms with Crippen LogP contribution < -0.4 is 9.47 Å². The third-order valence-corrected chi connectivity index (χ3v) is 3.79. The minimum atomic E-state index is -0.751. The van der Waals surface area contributed by atoms with Crippen molar-refractivity contribution in [3.05, 3.63) is 94.5 Å². The maximum absolute atomic E-state index is 12.9. The lowest BCUT2D eigenvalue weighted by Crippen LogP contribution is -2.10. The van der Waals surface area contributed by atoms with E-state index in [4.69, 9.17) is 21.1 Å². The van der Waals surface area contributed by atoms with Gasteiger partial charge in [-0.2, -0.15) is 0 Å². The highest BCUT2D eigenvalue weighted by Crippen LogP contribution is 2.30. The molecular weight excluding hydrogens is 378 g/mol. The molecule has 0 aliphatic rings. The number of rotatable bonds is 4. The molecule has 0 saturated carbocycles. The van der Waals surface area contributed by atoms with Crippen LogP contribution in [0.5, 0.6) is 11.5 Å². The minimum absolute atomic E-state index is 0.0320. The number of hydrogen-bond donors (Lipinski definition) is 0. The van der Waals surface area contributed by atoms with Crippen molar-refractivity contribution in [1.29, 1.82) is 0 Å². The van der Waals surface area contributed by atoms with Crippen LogP contribution in [-0.2, 0) is 0 Å². The average molecular weight is 389 g/mol. The van der Waals surface area contributed by atoms with E-state index in [1.807, 2.05) is 0 Å². The van der Waals surface area contributed by atoms with Gasteiger partial charge in [-0.25, -0.2) is 18.4 Å². The lowest BCUT2D eigenvalue weighted by molar-refractivity contribution is 0.0733. The van der Waals surface area contributed by atoms with Crippen LogP contribution in [0.15, 0.2) is 66.7 Å². The van der Waals surface area contributed by atoms with Crippen molar-refractivity contribution >= 4 is 23.5 Å². The van der Waals surface area contributed by atoms with E-state index in [9.17, 15) is 18.4 Å². The second-order valence-corrected chi connectivity index (χ2v) is 5.79. The normalized spacial score (nSPS) is 10.3. The van der Waals surface area contributed by atoms with Gasteiger partial charge in [-0.3, -0.25) is 0 Å². The zero-order chi connectivity index (χ0) is 19.4. The van der Waals surface area contributed by atoms with Crippen LogP contribution in [0.25, 0.3) is 0 Å². The Balaban J connectivity index is 1.75. The summed E-state index contributed by atoms with van der Waals surface area (Å²) < 4.78 is 36.2. The Bertz CT molecular complexity index is 986.